The molecule has 0 fully saturated rings. The molecule has 8 N–H and O–H groups in total. The van der Waals surface area contributed by atoms with Crippen LogP contribution in [0.2, 0.25) is 0 Å². The zero-order chi connectivity index (χ0) is 42.5. The van der Waals surface area contributed by atoms with Crippen LogP contribution in [0.25, 0.3) is 34.0 Å². The molecule has 6 rings (SSSR count). The lowest BCUT2D eigenvalue weighted by molar-refractivity contribution is 0.101. The Labute approximate surface area is 327 Å². The molecule has 6 aromatic rings. The summed E-state index contributed by atoms with van der Waals surface area (Å²) in [7, 11) is -20.1. The van der Waals surface area contributed by atoms with Crippen LogP contribution in [0.4, 0.5) is 11.4 Å². The van der Waals surface area contributed by atoms with Crippen LogP contribution in [0, 0.1) is 0 Å². The topological polar surface area (TPSA) is 342 Å². The number of nitrogens with zero attached hydrogens (tertiary/aromatic N) is 2. The average molecular weight is 873 g/mol. The van der Waals surface area contributed by atoms with Crippen LogP contribution in [-0.4, -0.2) is 83.9 Å². The van der Waals surface area contributed by atoms with Crippen LogP contribution in [-0.2, 0) is 40.5 Å². The van der Waals surface area contributed by atoms with Gasteiger partial charge in [-0.2, -0.15) is 33.7 Å². The maximum absolute atomic E-state index is 13.2. The quantitative estimate of drug-likeness (QED) is 0.0715. The van der Waals surface area contributed by atoms with Gasteiger partial charge in [0.15, 0.2) is 11.5 Å². The first-order valence-corrected chi connectivity index (χ1v) is 21.4. The second kappa shape index (κ2) is 14.8. The van der Waals surface area contributed by atoms with Crippen LogP contribution in [0.1, 0.15) is 31.8 Å². The number of carbonyl (C=O) groups excluding carboxylic acids is 2. The summed E-state index contributed by atoms with van der Waals surface area (Å²) in [6, 6.07) is 12.2. The van der Waals surface area contributed by atoms with Gasteiger partial charge in [-0.05, 0) is 71.8 Å². The van der Waals surface area contributed by atoms with E-state index in [0.29, 0.717) is 12.1 Å². The summed E-state index contributed by atoms with van der Waals surface area (Å²) in [6.45, 7) is 0. The highest BCUT2D eigenvalue weighted by Crippen LogP contribution is 2.35. The lowest BCUT2D eigenvalue weighted by Gasteiger charge is -2.13. The Morgan fingerprint density at radius 1 is 0.500 bits per heavy atom. The van der Waals surface area contributed by atoms with E-state index in [1.54, 1.807) is 0 Å². The zero-order valence-corrected chi connectivity index (χ0v) is 31.8. The maximum Gasteiger partial charge on any atom is 0.295 e. The zero-order valence-electron chi connectivity index (χ0n) is 28.5. The van der Waals surface area contributed by atoms with E-state index < -0.39 is 94.5 Å². The second-order valence-corrected chi connectivity index (χ2v) is 17.5. The standard InChI is InChI=1S/C34H24N4O16S4/c39-31-23(15-27(57(49,50)51)21-3-1-11-35-29(21)31)33(41)37-19-9-7-17(25(13-19)55(43,44)45)5-6-18-8-10-20(14-26(18)56(46,47)48)38-34(42)24-16-28(58(52,53)54)22-4-2-12-36-30(22)32(24)40/h1-16,39-40H,(H,37,41)(H,38,42)(H,43,44,45)(H,46,47,48)(H,49,50,51)(H,52,53,54). The van der Waals surface area contributed by atoms with Crippen molar-refractivity contribution < 1.29 is 71.7 Å². The summed E-state index contributed by atoms with van der Waals surface area (Å²) in [6.07, 6.45) is 4.34. The number of nitrogens with one attached hydrogen (secondary N) is 2. The number of aromatic hydroxyl groups is 2. The number of anilines is 2. The van der Waals surface area contributed by atoms with Crippen molar-refractivity contribution in [3.05, 3.63) is 107 Å². The number of aromatic nitrogens is 2. The lowest BCUT2D eigenvalue weighted by atomic mass is 10.1. The van der Waals surface area contributed by atoms with Gasteiger partial charge in [0.2, 0.25) is 0 Å². The molecular weight excluding hydrogens is 849 g/mol. The van der Waals surface area contributed by atoms with Gasteiger partial charge in [-0.25, -0.2) is 0 Å². The molecular formula is C34H24N4O16S4. The number of benzene rings is 4. The minimum Gasteiger partial charge on any atom is -0.505 e. The maximum atomic E-state index is 13.2. The summed E-state index contributed by atoms with van der Waals surface area (Å²) < 4.78 is 137. The lowest BCUT2D eigenvalue weighted by Crippen LogP contribution is -2.14. The van der Waals surface area contributed by atoms with Crippen LogP contribution in [0.5, 0.6) is 11.5 Å². The predicted molar refractivity (Wildman–Crippen MR) is 204 cm³/mol. The number of hydrogen-bond acceptors (Lipinski definition) is 14. The molecule has 0 unspecified atom stereocenters. The number of pyridine rings is 2. The molecule has 4 aromatic carbocycles. The molecule has 0 spiro atoms. The highest BCUT2D eigenvalue weighted by molar-refractivity contribution is 7.86. The molecule has 2 heterocycles. The first-order chi connectivity index (χ1) is 26.9. The van der Waals surface area contributed by atoms with Crippen molar-refractivity contribution in [1.29, 1.82) is 0 Å². The number of phenols is 2. The van der Waals surface area contributed by atoms with Crippen molar-refractivity contribution in [2.24, 2.45) is 0 Å². The van der Waals surface area contributed by atoms with E-state index in [-0.39, 0.29) is 44.3 Å². The third-order valence-electron chi connectivity index (χ3n) is 8.24. The Morgan fingerprint density at radius 3 is 1.17 bits per heavy atom. The SMILES string of the molecule is O=C(Nc1ccc(C=Cc2ccc(NC(=O)c3cc(S(=O)(=O)O)c4cccnc4c3O)cc2S(=O)(=O)O)c(S(=O)(=O)O)c1)c1cc(S(=O)(=O)O)c2cccnc2c1O. The van der Waals surface area contributed by atoms with E-state index in [4.69, 9.17) is 0 Å². The number of rotatable bonds is 10. The monoisotopic (exact) mass is 872 g/mol. The van der Waals surface area contributed by atoms with E-state index in [2.05, 4.69) is 20.6 Å². The molecule has 0 bridgehead atoms. The van der Waals surface area contributed by atoms with Gasteiger partial charge in [-0.15, -0.1) is 0 Å². The molecule has 0 atom stereocenters. The van der Waals surface area contributed by atoms with Crippen LogP contribution < -0.4 is 10.6 Å². The van der Waals surface area contributed by atoms with Crippen LogP contribution in [0.15, 0.2) is 105 Å². The number of carbonyl (C=O) groups is 2. The highest BCUT2D eigenvalue weighted by Gasteiger charge is 2.26. The third kappa shape index (κ3) is 8.34. The molecule has 0 saturated heterocycles. The fraction of sp³-hybridized carbons (Fsp3) is 0. The van der Waals surface area contributed by atoms with Crippen molar-refractivity contribution >= 4 is 97.6 Å². The first kappa shape index (κ1) is 41.3. The van der Waals surface area contributed by atoms with Gasteiger partial charge in [0.05, 0.1) is 11.1 Å². The fourth-order valence-electron chi connectivity index (χ4n) is 5.69. The van der Waals surface area contributed by atoms with E-state index in [9.17, 15) is 71.7 Å². The van der Waals surface area contributed by atoms with Gasteiger partial charge < -0.3 is 20.8 Å². The highest BCUT2D eigenvalue weighted by atomic mass is 32.2. The molecule has 20 nitrogen and oxygen atoms in total. The number of hydrogen-bond donors (Lipinski definition) is 8. The van der Waals surface area contributed by atoms with E-state index in [1.165, 1.54) is 36.7 Å². The fourth-order valence-corrected chi connectivity index (χ4v) is 8.53. The first-order valence-electron chi connectivity index (χ1n) is 15.7. The number of amides is 2. The molecule has 24 heteroatoms. The van der Waals surface area contributed by atoms with E-state index in [0.717, 1.165) is 48.6 Å². The summed E-state index contributed by atoms with van der Waals surface area (Å²) in [5.41, 5.74) is -3.36. The molecule has 58 heavy (non-hydrogen) atoms. The normalized spacial score (nSPS) is 12.6. The Hall–Kier alpha value is -6.38. The summed E-state index contributed by atoms with van der Waals surface area (Å²) >= 11 is 0. The van der Waals surface area contributed by atoms with Gasteiger partial charge >= 0.3 is 0 Å². The van der Waals surface area contributed by atoms with Crippen molar-refractivity contribution in [3.63, 3.8) is 0 Å². The van der Waals surface area contributed by atoms with Gasteiger partial charge in [-0.3, -0.25) is 37.8 Å². The Morgan fingerprint density at radius 2 is 0.845 bits per heavy atom. The van der Waals surface area contributed by atoms with Gasteiger partial charge in [-0.1, -0.05) is 24.3 Å². The molecule has 2 aromatic heterocycles. The third-order valence-corrected chi connectivity index (χ3v) is 11.8. The molecule has 2 amide bonds. The second-order valence-electron chi connectivity index (χ2n) is 12.0. The van der Waals surface area contributed by atoms with Crippen LogP contribution in [0.3, 0.4) is 0 Å². The Balaban J connectivity index is 1.32. The number of phenolic OH excluding ortho intramolecular Hbond substituents is 2. The van der Waals surface area contributed by atoms with Crippen molar-refractivity contribution in [1.82, 2.24) is 9.97 Å². The smallest absolute Gasteiger partial charge is 0.295 e. The van der Waals surface area contributed by atoms with Crippen molar-refractivity contribution in [2.45, 2.75) is 19.6 Å². The minimum atomic E-state index is -5.11. The van der Waals surface area contributed by atoms with Gasteiger partial charge in [0.1, 0.15) is 30.6 Å². The molecule has 0 saturated carbocycles. The van der Waals surface area contributed by atoms with Gasteiger partial charge in [0.25, 0.3) is 52.3 Å². The largest absolute Gasteiger partial charge is 0.505 e. The van der Waals surface area contributed by atoms with Gasteiger partial charge in [0, 0.05) is 34.5 Å². The van der Waals surface area contributed by atoms with Crippen molar-refractivity contribution in [3.8, 4) is 11.5 Å². The summed E-state index contributed by atoms with van der Waals surface area (Å²) in [5.74, 6) is -3.97. The van der Waals surface area contributed by atoms with E-state index >= 15 is 0 Å². The van der Waals surface area contributed by atoms with Crippen molar-refractivity contribution in [2.75, 3.05) is 10.6 Å². The molecule has 0 aliphatic heterocycles. The number of fused-ring (bicyclic) bond motifs is 2. The average Bonchev–Trinajstić information content (AvgIpc) is 3.13. The molecule has 0 aliphatic rings. The van der Waals surface area contributed by atoms with E-state index in [1.807, 2.05) is 0 Å². The summed E-state index contributed by atoms with van der Waals surface area (Å²) in [5, 5.41) is 25.4. The summed E-state index contributed by atoms with van der Waals surface area (Å²) in [4.78, 5) is 30.8. The van der Waals surface area contributed by atoms with Crippen LogP contribution >= 0.6 is 0 Å². The molecule has 300 valence electrons. The molecule has 0 radical (unpaired) electrons. The minimum absolute atomic E-state index is 0.212. The Bertz CT molecular complexity index is 3030. The predicted octanol–water partition coefficient (Wildman–Crippen LogP) is 3.86. The molecule has 0 aliphatic carbocycles. The Kier molecular flexibility index (Phi) is 10.6.